The maximum Gasteiger partial charge on any atom is 0.237 e. The highest BCUT2D eigenvalue weighted by Gasteiger charge is 2.60. The van der Waals surface area contributed by atoms with Crippen molar-refractivity contribution in [3.63, 3.8) is 0 Å². The summed E-state index contributed by atoms with van der Waals surface area (Å²) in [4.78, 5) is 0. The van der Waals surface area contributed by atoms with E-state index in [1.54, 1.807) is 7.11 Å². The fourth-order valence-electron chi connectivity index (χ4n) is 5.49. The van der Waals surface area contributed by atoms with Crippen molar-refractivity contribution in [3.05, 3.63) is 22.8 Å². The predicted molar refractivity (Wildman–Crippen MR) is 83.7 cm³/mol. The van der Waals surface area contributed by atoms with Gasteiger partial charge >= 0.3 is 0 Å². The van der Waals surface area contributed by atoms with Gasteiger partial charge in [-0.1, -0.05) is 0 Å². The number of aliphatic hydroxyl groups is 1. The molecule has 3 N–H and O–H groups in total. The molecule has 0 aromatic heterocycles. The Morgan fingerprint density at radius 2 is 2.17 bits per heavy atom. The average Bonchev–Trinajstić information content (AvgIpc) is 2.57. The lowest BCUT2D eigenvalue weighted by Gasteiger charge is -2.57. The molecule has 1 aromatic rings. The summed E-state index contributed by atoms with van der Waals surface area (Å²) >= 11 is 0. The van der Waals surface area contributed by atoms with Crippen LogP contribution in [-0.2, 0) is 16.6 Å². The minimum atomic E-state index is -1.02. The molecule has 4 aliphatic rings. The Morgan fingerprint density at radius 1 is 1.35 bits per heavy atom. The number of phenolic OH excluding ortho intramolecular Hbond substituents is 1. The van der Waals surface area contributed by atoms with Gasteiger partial charge in [0.05, 0.1) is 0 Å². The first-order chi connectivity index (χ1) is 11.1. The molecule has 2 bridgehead atoms. The normalized spacial score (nSPS) is 40.3. The minimum absolute atomic E-state index is 0.0405. The Hall–Kier alpha value is -1.30. The van der Waals surface area contributed by atoms with Gasteiger partial charge in [-0.05, 0) is 55.8 Å². The van der Waals surface area contributed by atoms with E-state index in [1.807, 2.05) is 6.07 Å². The molecule has 0 amide bonds. The van der Waals surface area contributed by atoms with Gasteiger partial charge in [0.25, 0.3) is 0 Å². The molecule has 124 valence electrons. The number of aliphatic hydroxyl groups excluding tert-OH is 1. The van der Waals surface area contributed by atoms with Crippen LogP contribution in [0.4, 0.5) is 0 Å². The Balaban J connectivity index is 1.80. The fourth-order valence-corrected chi connectivity index (χ4v) is 5.49. The number of benzene rings is 1. The molecular weight excluding hydrogens is 294 g/mol. The molecule has 5 heteroatoms. The first-order valence-electron chi connectivity index (χ1n) is 8.63. The lowest BCUT2D eigenvalue weighted by Crippen LogP contribution is -2.61. The number of fused-ring (bicyclic) bond motifs is 1. The zero-order valence-corrected chi connectivity index (χ0v) is 13.4. The van der Waals surface area contributed by atoms with Gasteiger partial charge in [-0.25, -0.2) is 0 Å². The summed E-state index contributed by atoms with van der Waals surface area (Å²) < 4.78 is 11.8. The average molecular weight is 317 g/mol. The highest BCUT2D eigenvalue weighted by atomic mass is 16.7. The number of nitrogens with one attached hydrogen (secondary N) is 1. The molecular formula is C18H23NO4. The smallest absolute Gasteiger partial charge is 0.237 e. The highest BCUT2D eigenvalue weighted by Crippen LogP contribution is 2.62. The maximum absolute atomic E-state index is 10.6. The number of hydrogen-bond acceptors (Lipinski definition) is 5. The van der Waals surface area contributed by atoms with Gasteiger partial charge in [0.2, 0.25) is 5.79 Å². The minimum Gasteiger partial charge on any atom is -0.504 e. The van der Waals surface area contributed by atoms with E-state index in [4.69, 9.17) is 9.47 Å². The Morgan fingerprint density at radius 3 is 3.00 bits per heavy atom. The van der Waals surface area contributed by atoms with E-state index >= 15 is 0 Å². The molecule has 0 saturated heterocycles. The van der Waals surface area contributed by atoms with Crippen LogP contribution in [0, 0.1) is 0 Å². The van der Waals surface area contributed by atoms with Gasteiger partial charge < -0.3 is 25.0 Å². The summed E-state index contributed by atoms with van der Waals surface area (Å²) in [5, 5.41) is 24.7. The number of methoxy groups -OCH3 is 1. The number of phenols is 1. The van der Waals surface area contributed by atoms with Gasteiger partial charge in [-0.3, -0.25) is 0 Å². The van der Waals surface area contributed by atoms with Crippen LogP contribution in [0.2, 0.25) is 0 Å². The van der Waals surface area contributed by atoms with Crippen LogP contribution in [0.15, 0.2) is 6.07 Å². The topological polar surface area (TPSA) is 71.0 Å². The number of hydrogen-bond donors (Lipinski definition) is 3. The van der Waals surface area contributed by atoms with Crippen molar-refractivity contribution < 1.29 is 19.7 Å². The first kappa shape index (κ1) is 14.1. The molecule has 0 radical (unpaired) electrons. The molecule has 5 nitrogen and oxygen atoms in total. The second-order valence-electron chi connectivity index (χ2n) is 7.60. The molecule has 1 spiro atoms. The number of aromatic hydroxyl groups is 1. The largest absolute Gasteiger partial charge is 0.504 e. The van der Waals surface area contributed by atoms with Crippen molar-refractivity contribution >= 4 is 0 Å². The van der Waals surface area contributed by atoms with E-state index in [0.29, 0.717) is 24.6 Å². The summed E-state index contributed by atoms with van der Waals surface area (Å²) in [7, 11) is 1.59. The fraction of sp³-hybridized carbons (Fsp3) is 0.667. The van der Waals surface area contributed by atoms with Crippen LogP contribution >= 0.6 is 0 Å². The molecule has 1 saturated carbocycles. The molecule has 2 aliphatic carbocycles. The zero-order chi connectivity index (χ0) is 15.8. The SMILES string of the molecule is CO[C@]12C[C@@]3(CC[C@H]1O)CC[C@H]1NCCc4cc(O)c(c3c41)O2. The first-order valence-corrected chi connectivity index (χ1v) is 8.63. The molecule has 2 heterocycles. The third-order valence-corrected chi connectivity index (χ3v) is 6.57. The van der Waals surface area contributed by atoms with Crippen LogP contribution in [-0.4, -0.2) is 35.8 Å². The lowest BCUT2D eigenvalue weighted by atomic mass is 9.57. The third-order valence-electron chi connectivity index (χ3n) is 6.57. The number of rotatable bonds is 1. The van der Waals surface area contributed by atoms with Crippen molar-refractivity contribution in [2.24, 2.45) is 0 Å². The molecule has 23 heavy (non-hydrogen) atoms. The van der Waals surface area contributed by atoms with Crippen molar-refractivity contribution in [1.82, 2.24) is 5.32 Å². The van der Waals surface area contributed by atoms with Gasteiger partial charge in [0, 0.05) is 30.6 Å². The van der Waals surface area contributed by atoms with Crippen LogP contribution < -0.4 is 10.1 Å². The monoisotopic (exact) mass is 317 g/mol. The second kappa shape index (κ2) is 4.41. The summed E-state index contributed by atoms with van der Waals surface area (Å²) in [5.74, 6) is -0.281. The van der Waals surface area contributed by atoms with Gasteiger partial charge in [0.15, 0.2) is 11.5 Å². The Labute approximate surface area is 135 Å². The van der Waals surface area contributed by atoms with Crippen LogP contribution in [0.1, 0.15) is 54.8 Å². The molecule has 0 unspecified atom stereocenters. The van der Waals surface area contributed by atoms with E-state index in [1.165, 1.54) is 16.7 Å². The quantitative estimate of drug-likeness (QED) is 0.738. The van der Waals surface area contributed by atoms with E-state index in [0.717, 1.165) is 32.2 Å². The van der Waals surface area contributed by atoms with Gasteiger partial charge in [0.1, 0.15) is 6.10 Å². The Kier molecular flexibility index (Phi) is 2.70. The van der Waals surface area contributed by atoms with Crippen molar-refractivity contribution in [1.29, 1.82) is 0 Å². The molecule has 2 aliphatic heterocycles. The molecule has 5 rings (SSSR count). The Bertz CT molecular complexity index is 690. The van der Waals surface area contributed by atoms with E-state index in [-0.39, 0.29) is 11.2 Å². The predicted octanol–water partition coefficient (Wildman–Crippen LogP) is 1.89. The third kappa shape index (κ3) is 1.63. The zero-order valence-electron chi connectivity index (χ0n) is 13.4. The summed E-state index contributed by atoms with van der Waals surface area (Å²) in [6.45, 7) is 0.963. The van der Waals surface area contributed by atoms with E-state index in [9.17, 15) is 10.2 Å². The summed E-state index contributed by atoms with van der Waals surface area (Å²) in [5.41, 5.74) is 3.75. The van der Waals surface area contributed by atoms with E-state index < -0.39 is 11.9 Å². The standard InChI is InChI=1S/C18H23NO4/c1-22-18-9-17(6-3-13(18)21)5-2-11-14-10(4-7-19-11)8-12(20)16(23-18)15(14)17/h8,11,13,19-21H,2-7,9H2,1H3/t11-,13-,17+,18+/m1/s1. The summed E-state index contributed by atoms with van der Waals surface area (Å²) in [6.07, 6.45) is 4.72. The van der Waals surface area contributed by atoms with Crippen molar-refractivity contribution in [3.8, 4) is 11.5 Å². The molecule has 1 fully saturated rings. The van der Waals surface area contributed by atoms with Crippen LogP contribution in [0.25, 0.3) is 0 Å². The molecule has 1 aromatic carbocycles. The van der Waals surface area contributed by atoms with Crippen LogP contribution in [0.3, 0.4) is 0 Å². The van der Waals surface area contributed by atoms with E-state index in [2.05, 4.69) is 5.32 Å². The van der Waals surface area contributed by atoms with Crippen molar-refractivity contribution in [2.75, 3.05) is 13.7 Å². The lowest BCUT2D eigenvalue weighted by molar-refractivity contribution is -0.262. The highest BCUT2D eigenvalue weighted by molar-refractivity contribution is 5.61. The van der Waals surface area contributed by atoms with Gasteiger partial charge in [-0.15, -0.1) is 0 Å². The maximum atomic E-state index is 10.6. The van der Waals surface area contributed by atoms with Gasteiger partial charge in [-0.2, -0.15) is 0 Å². The molecule has 4 atom stereocenters. The number of ether oxygens (including phenoxy) is 2. The second-order valence-corrected chi connectivity index (χ2v) is 7.60. The van der Waals surface area contributed by atoms with Crippen LogP contribution in [0.5, 0.6) is 11.5 Å². The van der Waals surface area contributed by atoms with Crippen molar-refractivity contribution in [2.45, 2.75) is 61.9 Å². The summed E-state index contributed by atoms with van der Waals surface area (Å²) in [6, 6.07) is 2.22.